The van der Waals surface area contributed by atoms with Crippen molar-refractivity contribution in [2.24, 2.45) is 0 Å². The fourth-order valence-electron chi connectivity index (χ4n) is 3.19. The van der Waals surface area contributed by atoms with E-state index in [0.717, 1.165) is 10.9 Å². The molecular weight excluding hydrogens is 339 g/mol. The van der Waals surface area contributed by atoms with Gasteiger partial charge in [-0.05, 0) is 35.3 Å². The van der Waals surface area contributed by atoms with E-state index in [2.05, 4.69) is 30.3 Å². The molecule has 0 unspecified atom stereocenters. The van der Waals surface area contributed by atoms with Gasteiger partial charge in [-0.1, -0.05) is 91.2 Å². The molecule has 3 aromatic rings. The lowest BCUT2D eigenvalue weighted by Crippen LogP contribution is -2.28. The molecule has 0 saturated carbocycles. The summed E-state index contributed by atoms with van der Waals surface area (Å²) in [4.78, 5) is 12.1. The highest BCUT2D eigenvalue weighted by Crippen LogP contribution is 2.42. The van der Waals surface area contributed by atoms with E-state index >= 15 is 0 Å². The van der Waals surface area contributed by atoms with Gasteiger partial charge in [0.2, 0.25) is 0 Å². The number of esters is 1. The van der Waals surface area contributed by atoms with Crippen molar-refractivity contribution in [2.75, 3.05) is 6.61 Å². The molecule has 0 aliphatic carbocycles. The predicted octanol–water partition coefficient (Wildman–Crippen LogP) is 3.52. The second kappa shape index (κ2) is 8.21. The summed E-state index contributed by atoms with van der Waals surface area (Å²) in [5, 5.41) is 3.52. The van der Waals surface area contributed by atoms with Gasteiger partial charge in [-0.2, -0.15) is 0 Å². The van der Waals surface area contributed by atoms with Crippen LogP contribution in [0, 0.1) is 0 Å². The van der Waals surface area contributed by atoms with Crippen molar-refractivity contribution in [2.45, 2.75) is 13.3 Å². The Balaban J connectivity index is 2.19. The van der Waals surface area contributed by atoms with Crippen molar-refractivity contribution in [1.29, 1.82) is 0 Å². The standard InChI is InChI=1S/C23H23O2P/c1-3-25-23(24)18-19-12-10-11-17-22(19)26(2,20-13-6-4-7-14-20)21-15-8-5-9-16-21/h4-17H,2-3,18H2,1H3. The average Bonchev–Trinajstić information content (AvgIpc) is 2.69. The zero-order valence-corrected chi connectivity index (χ0v) is 15.9. The predicted molar refractivity (Wildman–Crippen MR) is 113 cm³/mol. The van der Waals surface area contributed by atoms with Gasteiger partial charge in [-0.3, -0.25) is 4.79 Å². The van der Waals surface area contributed by atoms with Gasteiger partial charge >= 0.3 is 5.97 Å². The third-order valence-corrected chi connectivity index (χ3v) is 8.06. The zero-order valence-electron chi connectivity index (χ0n) is 15.0. The Morgan fingerprint density at radius 2 is 1.35 bits per heavy atom. The molecule has 0 radical (unpaired) electrons. The van der Waals surface area contributed by atoms with Crippen LogP contribution in [0.3, 0.4) is 0 Å². The van der Waals surface area contributed by atoms with Crippen LogP contribution >= 0.6 is 6.89 Å². The van der Waals surface area contributed by atoms with Crippen LogP contribution in [-0.4, -0.2) is 18.9 Å². The molecule has 0 aliphatic rings. The van der Waals surface area contributed by atoms with E-state index in [1.165, 1.54) is 10.6 Å². The highest BCUT2D eigenvalue weighted by Gasteiger charge is 2.25. The molecule has 3 aromatic carbocycles. The first kappa shape index (κ1) is 18.2. The number of rotatable bonds is 6. The maximum absolute atomic E-state index is 12.1. The van der Waals surface area contributed by atoms with Gasteiger partial charge < -0.3 is 4.74 Å². The summed E-state index contributed by atoms with van der Waals surface area (Å²) in [6.07, 6.45) is 5.02. The van der Waals surface area contributed by atoms with Crippen LogP contribution in [0.25, 0.3) is 0 Å². The first-order valence-electron chi connectivity index (χ1n) is 8.75. The Hall–Kier alpha value is -2.57. The molecule has 0 heterocycles. The molecule has 0 amide bonds. The highest BCUT2D eigenvalue weighted by atomic mass is 31.2. The minimum Gasteiger partial charge on any atom is -0.466 e. The lowest BCUT2D eigenvalue weighted by molar-refractivity contribution is -0.142. The van der Waals surface area contributed by atoms with Crippen molar-refractivity contribution >= 4 is 35.1 Å². The normalized spacial score (nSPS) is 11.1. The van der Waals surface area contributed by atoms with Crippen LogP contribution in [0.2, 0.25) is 0 Å². The van der Waals surface area contributed by atoms with Gasteiger partial charge in [-0.15, -0.1) is 0 Å². The lowest BCUT2D eigenvalue weighted by atomic mass is 10.1. The average molecular weight is 362 g/mol. The first-order chi connectivity index (χ1) is 12.7. The summed E-state index contributed by atoms with van der Waals surface area (Å²) in [6, 6.07) is 28.9. The molecule has 0 spiro atoms. The van der Waals surface area contributed by atoms with Gasteiger partial charge in [0, 0.05) is 0 Å². The lowest BCUT2D eigenvalue weighted by Gasteiger charge is -2.28. The Morgan fingerprint density at radius 1 is 0.846 bits per heavy atom. The number of carbonyl (C=O) groups is 1. The van der Waals surface area contributed by atoms with E-state index < -0.39 is 6.89 Å². The highest BCUT2D eigenvalue weighted by molar-refractivity contribution is 7.93. The zero-order chi connectivity index (χ0) is 18.4. The van der Waals surface area contributed by atoms with Gasteiger partial charge in [0.25, 0.3) is 0 Å². The van der Waals surface area contributed by atoms with Crippen molar-refractivity contribution in [3.05, 3.63) is 90.5 Å². The second-order valence-corrected chi connectivity index (χ2v) is 9.23. The molecule has 0 aliphatic heterocycles. The molecule has 0 saturated heterocycles. The van der Waals surface area contributed by atoms with E-state index in [0.29, 0.717) is 6.61 Å². The quantitative estimate of drug-likeness (QED) is 0.495. The molecule has 26 heavy (non-hydrogen) atoms. The molecule has 2 nitrogen and oxygen atoms in total. The summed E-state index contributed by atoms with van der Waals surface area (Å²) in [7, 11) is 0. The Morgan fingerprint density at radius 3 is 1.88 bits per heavy atom. The smallest absolute Gasteiger partial charge is 0.310 e. The number of hydrogen-bond donors (Lipinski definition) is 0. The van der Waals surface area contributed by atoms with Gasteiger partial charge in [-0.25, -0.2) is 0 Å². The van der Waals surface area contributed by atoms with Crippen LogP contribution in [0.4, 0.5) is 0 Å². The fraction of sp³-hybridized carbons (Fsp3) is 0.130. The molecule has 0 fully saturated rings. The topological polar surface area (TPSA) is 26.3 Å². The molecule has 132 valence electrons. The van der Waals surface area contributed by atoms with Gasteiger partial charge in [0.1, 0.15) is 0 Å². The maximum Gasteiger partial charge on any atom is 0.310 e. The van der Waals surface area contributed by atoms with Gasteiger partial charge in [0.05, 0.1) is 13.0 Å². The van der Waals surface area contributed by atoms with E-state index in [1.54, 1.807) is 0 Å². The number of hydrogen-bond acceptors (Lipinski definition) is 2. The van der Waals surface area contributed by atoms with E-state index in [9.17, 15) is 4.79 Å². The monoisotopic (exact) mass is 362 g/mol. The van der Waals surface area contributed by atoms with Crippen LogP contribution in [-0.2, 0) is 16.0 Å². The molecule has 0 atom stereocenters. The van der Waals surface area contributed by atoms with Crippen LogP contribution < -0.4 is 15.9 Å². The Kier molecular flexibility index (Phi) is 5.75. The van der Waals surface area contributed by atoms with E-state index in [-0.39, 0.29) is 12.4 Å². The van der Waals surface area contributed by atoms with Crippen LogP contribution in [0.15, 0.2) is 84.9 Å². The van der Waals surface area contributed by atoms with Crippen molar-refractivity contribution in [3.63, 3.8) is 0 Å². The van der Waals surface area contributed by atoms with Crippen LogP contribution in [0.5, 0.6) is 0 Å². The third-order valence-electron chi connectivity index (χ3n) is 4.44. The summed E-state index contributed by atoms with van der Waals surface area (Å²) in [5.41, 5.74) is 0.988. The molecule has 3 heteroatoms. The number of benzene rings is 3. The Labute approximate surface area is 155 Å². The van der Waals surface area contributed by atoms with E-state index in [4.69, 9.17) is 11.0 Å². The first-order valence-corrected chi connectivity index (χ1v) is 10.7. The fourth-order valence-corrected chi connectivity index (χ4v) is 6.39. The third kappa shape index (κ3) is 3.66. The van der Waals surface area contributed by atoms with E-state index in [1.807, 2.05) is 61.5 Å². The SMILES string of the molecule is C=P(c1ccccc1)(c1ccccc1)c1ccccc1CC(=O)OCC. The van der Waals surface area contributed by atoms with Crippen molar-refractivity contribution in [1.82, 2.24) is 0 Å². The van der Waals surface area contributed by atoms with Gasteiger partial charge in [0.15, 0.2) is 0 Å². The summed E-state index contributed by atoms with van der Waals surface area (Å²) in [5.74, 6) is -0.201. The minimum absolute atomic E-state index is 0.201. The minimum atomic E-state index is -2.10. The molecule has 0 bridgehead atoms. The summed E-state index contributed by atoms with van der Waals surface area (Å²) < 4.78 is 5.18. The second-order valence-electron chi connectivity index (χ2n) is 6.09. The van der Waals surface area contributed by atoms with Crippen molar-refractivity contribution < 1.29 is 9.53 Å². The van der Waals surface area contributed by atoms with Crippen molar-refractivity contribution in [3.8, 4) is 0 Å². The molecule has 3 rings (SSSR count). The molecule has 0 aromatic heterocycles. The maximum atomic E-state index is 12.1. The number of ether oxygens (including phenoxy) is 1. The largest absolute Gasteiger partial charge is 0.466 e. The summed E-state index contributed by atoms with van der Waals surface area (Å²) >= 11 is 0. The molecular formula is C23H23O2P. The molecule has 0 N–H and O–H groups in total. The number of carbonyl (C=O) groups excluding carboxylic acids is 1. The Bertz CT molecular complexity index is 874. The van der Waals surface area contributed by atoms with Crippen LogP contribution in [0.1, 0.15) is 12.5 Å². The summed E-state index contributed by atoms with van der Waals surface area (Å²) in [6.45, 7) is 0.125.